The van der Waals surface area contributed by atoms with Gasteiger partial charge in [-0.15, -0.1) is 0 Å². The first-order chi connectivity index (χ1) is 8.31. The summed E-state index contributed by atoms with van der Waals surface area (Å²) in [4.78, 5) is 6.37. The molecule has 104 valence electrons. The third-order valence-corrected chi connectivity index (χ3v) is 2.35. The zero-order chi connectivity index (χ0) is 13.8. The van der Waals surface area contributed by atoms with Crippen molar-refractivity contribution in [2.24, 2.45) is 5.73 Å². The Hall–Kier alpha value is -0.980. The molecule has 6 heteroatoms. The first kappa shape index (κ1) is 15.1. The van der Waals surface area contributed by atoms with E-state index in [0.29, 0.717) is 24.9 Å². The lowest BCUT2D eigenvalue weighted by Crippen LogP contribution is -2.43. The standard InChI is InChI=1S/C12H24N4O2/c1-6-17-9(2)11-14-10(18-15-11)7-16(5)8-12(3,4)13/h9H,6-8,13H2,1-5H3. The Morgan fingerprint density at radius 2 is 2.17 bits per heavy atom. The summed E-state index contributed by atoms with van der Waals surface area (Å²) >= 11 is 0. The van der Waals surface area contributed by atoms with Crippen LogP contribution in [0.2, 0.25) is 0 Å². The second-order valence-corrected chi connectivity index (χ2v) is 5.30. The molecule has 0 radical (unpaired) electrons. The molecule has 1 unspecified atom stereocenters. The van der Waals surface area contributed by atoms with E-state index in [1.54, 1.807) is 0 Å². The largest absolute Gasteiger partial charge is 0.371 e. The summed E-state index contributed by atoms with van der Waals surface area (Å²) in [5, 5.41) is 3.92. The minimum absolute atomic E-state index is 0.135. The van der Waals surface area contributed by atoms with Gasteiger partial charge in [-0.1, -0.05) is 5.16 Å². The summed E-state index contributed by atoms with van der Waals surface area (Å²) in [5.74, 6) is 1.18. The van der Waals surface area contributed by atoms with Gasteiger partial charge in [0.2, 0.25) is 5.89 Å². The Morgan fingerprint density at radius 1 is 1.50 bits per heavy atom. The fourth-order valence-corrected chi connectivity index (χ4v) is 1.80. The molecule has 0 aliphatic heterocycles. The monoisotopic (exact) mass is 256 g/mol. The molecule has 0 saturated heterocycles. The van der Waals surface area contributed by atoms with Crippen molar-refractivity contribution in [3.63, 3.8) is 0 Å². The Balaban J connectivity index is 2.53. The molecule has 18 heavy (non-hydrogen) atoms. The molecule has 0 fully saturated rings. The molecule has 0 bridgehead atoms. The van der Waals surface area contributed by atoms with Crippen LogP contribution < -0.4 is 5.73 Å². The van der Waals surface area contributed by atoms with Gasteiger partial charge in [0.1, 0.15) is 6.10 Å². The fourth-order valence-electron chi connectivity index (χ4n) is 1.80. The SMILES string of the molecule is CCOC(C)c1noc(CN(C)CC(C)(C)N)n1. The zero-order valence-corrected chi connectivity index (χ0v) is 11.9. The van der Waals surface area contributed by atoms with Gasteiger partial charge >= 0.3 is 0 Å². The third-order valence-electron chi connectivity index (χ3n) is 2.35. The Labute approximate surface area is 108 Å². The van der Waals surface area contributed by atoms with Gasteiger partial charge < -0.3 is 15.0 Å². The van der Waals surface area contributed by atoms with Gasteiger partial charge in [-0.3, -0.25) is 4.90 Å². The summed E-state index contributed by atoms with van der Waals surface area (Å²) in [7, 11) is 1.98. The highest BCUT2D eigenvalue weighted by Gasteiger charge is 2.18. The van der Waals surface area contributed by atoms with Crippen LogP contribution in [0.3, 0.4) is 0 Å². The highest BCUT2D eigenvalue weighted by molar-refractivity contribution is 4.90. The summed E-state index contributed by atoms with van der Waals surface area (Å²) in [6, 6.07) is 0. The second kappa shape index (κ2) is 6.26. The quantitative estimate of drug-likeness (QED) is 0.793. The lowest BCUT2D eigenvalue weighted by molar-refractivity contribution is 0.0683. The molecule has 1 aromatic rings. The van der Waals surface area contributed by atoms with E-state index in [1.165, 1.54) is 0 Å². The Morgan fingerprint density at radius 3 is 2.72 bits per heavy atom. The van der Waals surface area contributed by atoms with Gasteiger partial charge in [-0.25, -0.2) is 0 Å². The number of nitrogens with two attached hydrogens (primary N) is 1. The van der Waals surface area contributed by atoms with E-state index in [9.17, 15) is 0 Å². The first-order valence-corrected chi connectivity index (χ1v) is 6.23. The second-order valence-electron chi connectivity index (χ2n) is 5.30. The molecule has 0 saturated carbocycles. The van der Waals surface area contributed by atoms with E-state index < -0.39 is 0 Å². The van der Waals surface area contributed by atoms with E-state index in [0.717, 1.165) is 6.54 Å². The normalized spacial score (nSPS) is 14.2. The Kier molecular flexibility index (Phi) is 5.25. The number of hydrogen-bond acceptors (Lipinski definition) is 6. The Bertz CT molecular complexity index is 359. The van der Waals surface area contributed by atoms with E-state index in [4.69, 9.17) is 15.0 Å². The van der Waals surface area contributed by atoms with Crippen molar-refractivity contribution in [1.82, 2.24) is 15.0 Å². The highest BCUT2D eigenvalue weighted by atomic mass is 16.5. The molecule has 1 heterocycles. The van der Waals surface area contributed by atoms with Crippen LogP contribution in [0.1, 0.15) is 45.5 Å². The number of aromatic nitrogens is 2. The maximum Gasteiger partial charge on any atom is 0.240 e. The molecule has 1 rings (SSSR count). The van der Waals surface area contributed by atoms with Crippen LogP contribution in [0.25, 0.3) is 0 Å². The van der Waals surface area contributed by atoms with E-state index in [-0.39, 0.29) is 11.6 Å². The number of rotatable bonds is 7. The van der Waals surface area contributed by atoms with Crippen LogP contribution in [-0.2, 0) is 11.3 Å². The van der Waals surface area contributed by atoms with E-state index in [2.05, 4.69) is 15.0 Å². The fraction of sp³-hybridized carbons (Fsp3) is 0.833. The number of hydrogen-bond donors (Lipinski definition) is 1. The van der Waals surface area contributed by atoms with Crippen molar-refractivity contribution < 1.29 is 9.26 Å². The maximum atomic E-state index is 5.95. The number of nitrogens with zero attached hydrogens (tertiary/aromatic N) is 3. The van der Waals surface area contributed by atoms with Crippen molar-refractivity contribution in [3.8, 4) is 0 Å². The summed E-state index contributed by atoms with van der Waals surface area (Å²) in [5.41, 5.74) is 5.71. The molecule has 6 nitrogen and oxygen atoms in total. The lowest BCUT2D eigenvalue weighted by Gasteiger charge is -2.25. The van der Waals surface area contributed by atoms with Crippen LogP contribution in [0.4, 0.5) is 0 Å². The predicted molar refractivity (Wildman–Crippen MR) is 68.9 cm³/mol. The van der Waals surface area contributed by atoms with Crippen LogP contribution in [0.15, 0.2) is 4.52 Å². The lowest BCUT2D eigenvalue weighted by atomic mass is 10.1. The number of likely N-dealkylation sites (N-methyl/N-ethyl adjacent to an activating group) is 1. The average molecular weight is 256 g/mol. The molecular weight excluding hydrogens is 232 g/mol. The third kappa shape index (κ3) is 5.12. The summed E-state index contributed by atoms with van der Waals surface area (Å²) in [6.07, 6.45) is -0.135. The van der Waals surface area contributed by atoms with Crippen molar-refractivity contribution >= 4 is 0 Å². The van der Waals surface area contributed by atoms with Gasteiger partial charge in [0.05, 0.1) is 6.54 Å². The van der Waals surface area contributed by atoms with Crippen LogP contribution in [-0.4, -0.2) is 40.8 Å². The molecule has 1 aromatic heterocycles. The summed E-state index contributed by atoms with van der Waals surface area (Å²) in [6.45, 7) is 9.80. The molecule has 2 N–H and O–H groups in total. The highest BCUT2D eigenvalue weighted by Crippen LogP contribution is 2.13. The summed E-state index contributed by atoms with van der Waals surface area (Å²) < 4.78 is 10.6. The van der Waals surface area contributed by atoms with Crippen molar-refractivity contribution in [3.05, 3.63) is 11.7 Å². The minimum atomic E-state index is -0.240. The first-order valence-electron chi connectivity index (χ1n) is 6.23. The van der Waals surface area contributed by atoms with Crippen molar-refractivity contribution in [2.45, 2.75) is 45.9 Å². The molecule has 0 amide bonds. The zero-order valence-electron chi connectivity index (χ0n) is 11.9. The smallest absolute Gasteiger partial charge is 0.240 e. The molecule has 0 spiro atoms. The number of ether oxygens (including phenoxy) is 1. The molecule has 0 aliphatic rings. The van der Waals surface area contributed by atoms with Crippen LogP contribution in [0.5, 0.6) is 0 Å². The molecule has 1 atom stereocenters. The van der Waals surface area contributed by atoms with Gasteiger partial charge in [0.25, 0.3) is 0 Å². The van der Waals surface area contributed by atoms with E-state index >= 15 is 0 Å². The molecule has 0 aromatic carbocycles. The van der Waals surface area contributed by atoms with E-state index in [1.807, 2.05) is 34.7 Å². The topological polar surface area (TPSA) is 77.4 Å². The van der Waals surface area contributed by atoms with Gasteiger partial charge in [-0.05, 0) is 34.7 Å². The van der Waals surface area contributed by atoms with Crippen LogP contribution in [0, 0.1) is 0 Å². The minimum Gasteiger partial charge on any atom is -0.371 e. The maximum absolute atomic E-state index is 5.95. The van der Waals surface area contributed by atoms with Crippen LogP contribution >= 0.6 is 0 Å². The van der Waals surface area contributed by atoms with Crippen molar-refractivity contribution in [2.75, 3.05) is 20.2 Å². The molecular formula is C12H24N4O2. The van der Waals surface area contributed by atoms with Crippen molar-refractivity contribution in [1.29, 1.82) is 0 Å². The average Bonchev–Trinajstić information content (AvgIpc) is 2.63. The van der Waals surface area contributed by atoms with Gasteiger partial charge in [0, 0.05) is 18.7 Å². The van der Waals surface area contributed by atoms with Gasteiger partial charge in [-0.2, -0.15) is 4.98 Å². The molecule has 0 aliphatic carbocycles. The predicted octanol–water partition coefficient (Wildman–Crippen LogP) is 1.34. The van der Waals surface area contributed by atoms with Gasteiger partial charge in [0.15, 0.2) is 5.82 Å².